The second-order valence-corrected chi connectivity index (χ2v) is 10.1. The molecule has 2 aliphatic carbocycles. The van der Waals surface area contributed by atoms with Gasteiger partial charge in [-0.1, -0.05) is 11.6 Å². The fourth-order valence-corrected chi connectivity index (χ4v) is 4.97. The van der Waals surface area contributed by atoms with E-state index in [2.05, 4.69) is 20.6 Å². The standard InChI is InChI=1S/C26H25ClFN7O3/c1-34-23-22(27)21(38-20(9-29)18-5-4-15(28)10-30-18)11-31-24(23)33-26(34)32-19-6-14(13-2-3-13)12-35(25(19)37)16-7-17(36)8-16/h4-6,9-13,16-17,29-30,36H,2-3,7-8H2,1H3,(H,31,32,33)/b20-18+,29-9?/t16-,17-. The van der Waals surface area contributed by atoms with E-state index in [1.807, 2.05) is 12.3 Å². The predicted molar refractivity (Wildman–Crippen MR) is 142 cm³/mol. The molecule has 38 heavy (non-hydrogen) atoms. The average Bonchev–Trinajstić information content (AvgIpc) is 3.68. The molecule has 10 nitrogen and oxygen atoms in total. The summed E-state index contributed by atoms with van der Waals surface area (Å²) in [6.07, 6.45) is 11.1. The van der Waals surface area contributed by atoms with Gasteiger partial charge in [-0.2, -0.15) is 4.98 Å². The minimum atomic E-state index is -0.450. The summed E-state index contributed by atoms with van der Waals surface area (Å²) in [6.45, 7) is 0. The molecule has 2 saturated carbocycles. The van der Waals surface area contributed by atoms with Gasteiger partial charge in [0.1, 0.15) is 22.1 Å². The van der Waals surface area contributed by atoms with Crippen LogP contribution in [0.2, 0.25) is 5.02 Å². The molecule has 0 amide bonds. The Labute approximate surface area is 221 Å². The number of dihydropyridines is 1. The van der Waals surface area contributed by atoms with Crippen LogP contribution >= 0.6 is 11.6 Å². The average molecular weight is 538 g/mol. The molecule has 196 valence electrons. The number of fused-ring (bicyclic) bond motifs is 1. The molecule has 12 heteroatoms. The van der Waals surface area contributed by atoms with Crippen molar-refractivity contribution in [1.82, 2.24) is 24.4 Å². The summed E-state index contributed by atoms with van der Waals surface area (Å²) >= 11 is 6.69. The molecule has 4 N–H and O–H groups in total. The third kappa shape index (κ3) is 4.37. The monoisotopic (exact) mass is 537 g/mol. The van der Waals surface area contributed by atoms with Gasteiger partial charge in [0.2, 0.25) is 5.95 Å². The number of rotatable bonds is 7. The lowest BCUT2D eigenvalue weighted by molar-refractivity contribution is 0.0471. The first-order valence-corrected chi connectivity index (χ1v) is 12.6. The molecular weight excluding hydrogens is 513 g/mol. The second kappa shape index (κ2) is 9.41. The summed E-state index contributed by atoms with van der Waals surface area (Å²) < 4.78 is 22.5. The highest BCUT2D eigenvalue weighted by molar-refractivity contribution is 6.36. The zero-order valence-corrected chi connectivity index (χ0v) is 21.2. The van der Waals surface area contributed by atoms with Crippen LogP contribution in [-0.4, -0.2) is 36.5 Å². The molecular formula is C26H25ClFN7O3. The molecule has 3 aromatic rings. The largest absolute Gasteiger partial charge is 0.450 e. The van der Waals surface area contributed by atoms with Crippen molar-refractivity contribution >= 4 is 40.6 Å². The highest BCUT2D eigenvalue weighted by atomic mass is 35.5. The lowest BCUT2D eigenvalue weighted by Crippen LogP contribution is -2.37. The number of aromatic nitrogens is 4. The fraction of sp³-hybridized carbons (Fsp3) is 0.308. The molecule has 3 aliphatic rings. The number of allylic oxidation sites excluding steroid dienone is 4. The van der Waals surface area contributed by atoms with Gasteiger partial charge in [-0.25, -0.2) is 9.37 Å². The van der Waals surface area contributed by atoms with Crippen LogP contribution in [0.25, 0.3) is 11.2 Å². The molecule has 0 unspecified atom stereocenters. The predicted octanol–water partition coefficient (Wildman–Crippen LogP) is 4.31. The van der Waals surface area contributed by atoms with Gasteiger partial charge in [0, 0.05) is 25.5 Å². The van der Waals surface area contributed by atoms with Crippen LogP contribution in [0.3, 0.4) is 0 Å². The summed E-state index contributed by atoms with van der Waals surface area (Å²) in [6, 6.07) is 1.85. The Hall–Kier alpha value is -3.96. The molecule has 6 rings (SSSR count). The van der Waals surface area contributed by atoms with Crippen molar-refractivity contribution < 1.29 is 14.2 Å². The van der Waals surface area contributed by atoms with Gasteiger partial charge in [0.25, 0.3) is 5.56 Å². The Balaban J connectivity index is 1.34. The number of pyridine rings is 2. The number of halogens is 2. The van der Waals surface area contributed by atoms with E-state index in [9.17, 15) is 14.3 Å². The van der Waals surface area contributed by atoms with Gasteiger partial charge >= 0.3 is 0 Å². The number of nitrogens with one attached hydrogen (secondary N) is 3. The number of imidazole rings is 1. The van der Waals surface area contributed by atoms with E-state index in [0.717, 1.165) is 30.8 Å². The molecule has 1 aliphatic heterocycles. The third-order valence-electron chi connectivity index (χ3n) is 7.04. The van der Waals surface area contributed by atoms with Crippen LogP contribution in [0.5, 0.6) is 5.75 Å². The summed E-state index contributed by atoms with van der Waals surface area (Å²) in [5, 5.41) is 23.6. The SMILES string of the molecule is Cn1c(Nc2cc(C3CC3)cn([C@H]3C[C@H](O)C3)c2=O)nc2ncc(O/C(C=N)=C3\C=CC(F)=CN3)c(Cl)c21. The minimum Gasteiger partial charge on any atom is -0.450 e. The number of ether oxygens (including phenoxy) is 1. The van der Waals surface area contributed by atoms with Crippen molar-refractivity contribution in [3.05, 3.63) is 75.0 Å². The lowest BCUT2D eigenvalue weighted by Gasteiger charge is -2.33. The molecule has 0 saturated heterocycles. The van der Waals surface area contributed by atoms with Crippen molar-refractivity contribution in [3.63, 3.8) is 0 Å². The number of aliphatic hydroxyl groups excluding tert-OH is 1. The first-order valence-electron chi connectivity index (χ1n) is 12.3. The maximum Gasteiger partial charge on any atom is 0.274 e. The lowest BCUT2D eigenvalue weighted by atomic mass is 9.89. The van der Waals surface area contributed by atoms with E-state index in [1.165, 1.54) is 18.3 Å². The van der Waals surface area contributed by atoms with Gasteiger partial charge in [-0.05, 0) is 55.4 Å². The first kappa shape index (κ1) is 24.4. The number of hydrogen-bond donors (Lipinski definition) is 4. The number of anilines is 2. The Kier molecular flexibility index (Phi) is 6.04. The smallest absolute Gasteiger partial charge is 0.274 e. The summed E-state index contributed by atoms with van der Waals surface area (Å²) in [4.78, 5) is 22.2. The van der Waals surface area contributed by atoms with Gasteiger partial charge < -0.3 is 35.0 Å². The quantitative estimate of drug-likeness (QED) is 0.261. The van der Waals surface area contributed by atoms with E-state index in [0.29, 0.717) is 47.3 Å². The molecule has 3 aromatic heterocycles. The van der Waals surface area contributed by atoms with Crippen LogP contribution < -0.4 is 20.9 Å². The molecule has 0 spiro atoms. The van der Waals surface area contributed by atoms with Crippen LogP contribution in [0.15, 0.2) is 58.9 Å². The molecule has 4 heterocycles. The summed E-state index contributed by atoms with van der Waals surface area (Å²) in [5.74, 6) is 0.661. The van der Waals surface area contributed by atoms with E-state index in [-0.39, 0.29) is 34.2 Å². The molecule has 0 bridgehead atoms. The number of aliphatic hydroxyl groups is 1. The zero-order valence-electron chi connectivity index (χ0n) is 20.4. The minimum absolute atomic E-state index is 0.0225. The van der Waals surface area contributed by atoms with Crippen molar-refractivity contribution in [1.29, 1.82) is 5.41 Å². The Bertz CT molecular complexity index is 1610. The highest BCUT2D eigenvalue weighted by Gasteiger charge is 2.32. The Morgan fingerprint density at radius 1 is 1.37 bits per heavy atom. The second-order valence-electron chi connectivity index (χ2n) is 9.71. The number of aryl methyl sites for hydroxylation is 1. The number of nitrogens with zero attached hydrogens (tertiary/aromatic N) is 4. The molecule has 0 radical (unpaired) electrons. The van der Waals surface area contributed by atoms with Crippen molar-refractivity contribution in [3.8, 4) is 5.75 Å². The van der Waals surface area contributed by atoms with Gasteiger partial charge in [0.15, 0.2) is 17.2 Å². The van der Waals surface area contributed by atoms with E-state index in [1.54, 1.807) is 16.2 Å². The van der Waals surface area contributed by atoms with Crippen LogP contribution in [-0.2, 0) is 7.05 Å². The van der Waals surface area contributed by atoms with Gasteiger partial charge in [0.05, 0.1) is 24.2 Å². The maximum absolute atomic E-state index is 13.3. The van der Waals surface area contributed by atoms with Crippen LogP contribution in [0.4, 0.5) is 16.0 Å². The van der Waals surface area contributed by atoms with Crippen LogP contribution in [0.1, 0.15) is 43.2 Å². The molecule has 0 aromatic carbocycles. The highest BCUT2D eigenvalue weighted by Crippen LogP contribution is 2.42. The maximum atomic E-state index is 13.3. The van der Waals surface area contributed by atoms with Gasteiger partial charge in [-0.3, -0.25) is 4.79 Å². The fourth-order valence-electron chi connectivity index (χ4n) is 4.67. The summed E-state index contributed by atoms with van der Waals surface area (Å²) in [5.41, 5.74) is 2.51. The number of hydrogen-bond acceptors (Lipinski definition) is 8. The van der Waals surface area contributed by atoms with Crippen LogP contribution in [0, 0.1) is 5.41 Å². The molecule has 0 atom stereocenters. The topological polar surface area (TPSA) is 130 Å². The third-order valence-corrected chi connectivity index (χ3v) is 7.40. The Morgan fingerprint density at radius 3 is 2.82 bits per heavy atom. The molecule has 2 fully saturated rings. The van der Waals surface area contributed by atoms with E-state index in [4.69, 9.17) is 21.7 Å². The first-order chi connectivity index (χ1) is 18.3. The van der Waals surface area contributed by atoms with Crippen molar-refractivity contribution in [2.75, 3.05) is 5.32 Å². The summed E-state index contributed by atoms with van der Waals surface area (Å²) in [7, 11) is 1.75. The van der Waals surface area contributed by atoms with Crippen molar-refractivity contribution in [2.24, 2.45) is 7.05 Å². The zero-order chi connectivity index (χ0) is 26.6. The Morgan fingerprint density at radius 2 is 2.16 bits per heavy atom. The van der Waals surface area contributed by atoms with Gasteiger partial charge in [-0.15, -0.1) is 0 Å². The van der Waals surface area contributed by atoms with E-state index < -0.39 is 5.83 Å². The van der Waals surface area contributed by atoms with Crippen molar-refractivity contribution in [2.45, 2.75) is 43.7 Å². The van der Waals surface area contributed by atoms with E-state index >= 15 is 0 Å². The normalized spacial score (nSPS) is 21.9.